The van der Waals surface area contributed by atoms with Crippen LogP contribution in [0.15, 0.2) is 6.07 Å². The quantitative estimate of drug-likeness (QED) is 0.922. The van der Waals surface area contributed by atoms with Crippen LogP contribution >= 0.6 is 0 Å². The van der Waals surface area contributed by atoms with E-state index in [1.807, 2.05) is 7.05 Å². The molecule has 0 bridgehead atoms. The number of hydrogen-bond acceptors (Lipinski definition) is 5. The predicted molar refractivity (Wildman–Crippen MR) is 85.0 cm³/mol. The predicted octanol–water partition coefficient (Wildman–Crippen LogP) is 2.07. The van der Waals surface area contributed by atoms with Crippen molar-refractivity contribution in [3.63, 3.8) is 0 Å². The Hall–Kier alpha value is -1.36. The molecule has 5 heteroatoms. The molecule has 5 nitrogen and oxygen atoms in total. The second-order valence-corrected chi connectivity index (χ2v) is 6.79. The first-order valence-corrected chi connectivity index (χ1v) is 8.32. The molecule has 1 aromatic heterocycles. The molecular weight excluding hydrogens is 262 g/mol. The van der Waals surface area contributed by atoms with Crippen LogP contribution in [-0.2, 0) is 0 Å². The normalized spacial score (nSPS) is 29.5. The third-order valence-corrected chi connectivity index (χ3v) is 5.16. The lowest BCUT2D eigenvalue weighted by atomic mass is 10.1. The summed E-state index contributed by atoms with van der Waals surface area (Å²) in [5.74, 6) is 3.72. The van der Waals surface area contributed by atoms with Crippen molar-refractivity contribution >= 4 is 11.6 Å². The van der Waals surface area contributed by atoms with E-state index in [4.69, 9.17) is 4.98 Å². The van der Waals surface area contributed by atoms with Gasteiger partial charge in [-0.15, -0.1) is 0 Å². The third-order valence-electron chi connectivity index (χ3n) is 5.16. The third kappa shape index (κ3) is 2.48. The number of piperazine rings is 1. The van der Waals surface area contributed by atoms with Gasteiger partial charge in [0, 0.05) is 44.2 Å². The summed E-state index contributed by atoms with van der Waals surface area (Å²) in [5.41, 5.74) is 0. The average Bonchev–Trinajstić information content (AvgIpc) is 3.25. The molecule has 21 heavy (non-hydrogen) atoms. The molecule has 2 unspecified atom stereocenters. The zero-order valence-electron chi connectivity index (χ0n) is 13.0. The first-order valence-electron chi connectivity index (χ1n) is 8.32. The molecule has 0 aromatic carbocycles. The fraction of sp³-hybridized carbons (Fsp3) is 0.750. The van der Waals surface area contributed by atoms with E-state index >= 15 is 0 Å². The number of nitrogens with one attached hydrogen (secondary N) is 1. The lowest BCUT2D eigenvalue weighted by Gasteiger charge is -2.43. The summed E-state index contributed by atoms with van der Waals surface area (Å²) < 4.78 is 0. The lowest BCUT2D eigenvalue weighted by Crippen LogP contribution is -2.55. The number of rotatable bonds is 3. The molecule has 2 atom stereocenters. The van der Waals surface area contributed by atoms with Crippen LogP contribution in [0.3, 0.4) is 0 Å². The summed E-state index contributed by atoms with van der Waals surface area (Å²) in [6, 6.07) is 3.37. The molecule has 1 aromatic rings. The number of anilines is 2. The van der Waals surface area contributed by atoms with Gasteiger partial charge in [-0.25, -0.2) is 9.97 Å². The highest BCUT2D eigenvalue weighted by Gasteiger charge is 2.36. The molecule has 3 aliphatic rings. The summed E-state index contributed by atoms with van der Waals surface area (Å²) in [5, 5.41) is 3.20. The summed E-state index contributed by atoms with van der Waals surface area (Å²) in [4.78, 5) is 14.7. The average molecular weight is 287 g/mol. The Bertz CT molecular complexity index is 527. The number of nitrogens with zero attached hydrogens (tertiary/aromatic N) is 4. The van der Waals surface area contributed by atoms with Gasteiger partial charge in [0.25, 0.3) is 0 Å². The standard InChI is InChI=1S/C16H25N5/c1-11-9-20-7-3-4-13(20)10-21(11)15-8-14(17-2)18-16(19-15)12-5-6-12/h8,11-13H,3-7,9-10H2,1-2H3,(H,17,18,19). The van der Waals surface area contributed by atoms with Crippen molar-refractivity contribution in [2.75, 3.05) is 36.9 Å². The van der Waals surface area contributed by atoms with E-state index in [0.717, 1.165) is 30.0 Å². The Morgan fingerprint density at radius 2 is 2.05 bits per heavy atom. The molecule has 2 saturated heterocycles. The van der Waals surface area contributed by atoms with Gasteiger partial charge in [-0.2, -0.15) is 0 Å². The summed E-state index contributed by atoms with van der Waals surface area (Å²) in [7, 11) is 1.95. The number of hydrogen-bond donors (Lipinski definition) is 1. The van der Waals surface area contributed by atoms with Gasteiger partial charge in [-0.05, 0) is 39.2 Å². The van der Waals surface area contributed by atoms with Crippen molar-refractivity contribution in [2.24, 2.45) is 0 Å². The van der Waals surface area contributed by atoms with Crippen molar-refractivity contribution in [2.45, 2.75) is 50.6 Å². The van der Waals surface area contributed by atoms with Crippen LogP contribution in [0.5, 0.6) is 0 Å². The second kappa shape index (κ2) is 5.13. The maximum Gasteiger partial charge on any atom is 0.136 e. The van der Waals surface area contributed by atoms with Crippen LogP contribution in [0.1, 0.15) is 44.3 Å². The zero-order chi connectivity index (χ0) is 14.4. The first kappa shape index (κ1) is 13.3. The minimum atomic E-state index is 0.533. The Labute approximate surface area is 126 Å². The largest absolute Gasteiger partial charge is 0.373 e. The van der Waals surface area contributed by atoms with Crippen molar-refractivity contribution in [1.82, 2.24) is 14.9 Å². The highest BCUT2D eigenvalue weighted by molar-refractivity contribution is 5.51. The summed E-state index contributed by atoms with van der Waals surface area (Å²) in [6.07, 6.45) is 5.18. The molecule has 3 fully saturated rings. The molecule has 0 spiro atoms. The van der Waals surface area contributed by atoms with Gasteiger partial charge in [0.2, 0.25) is 0 Å². The van der Waals surface area contributed by atoms with E-state index in [2.05, 4.69) is 33.1 Å². The second-order valence-electron chi connectivity index (χ2n) is 6.79. The van der Waals surface area contributed by atoms with E-state index in [1.54, 1.807) is 0 Å². The molecule has 0 amide bonds. The highest BCUT2D eigenvalue weighted by Crippen LogP contribution is 2.39. The van der Waals surface area contributed by atoms with Gasteiger partial charge in [0.05, 0.1) is 0 Å². The van der Waals surface area contributed by atoms with Gasteiger partial charge in [-0.1, -0.05) is 0 Å². The van der Waals surface area contributed by atoms with Gasteiger partial charge < -0.3 is 10.2 Å². The molecule has 114 valence electrons. The van der Waals surface area contributed by atoms with Crippen LogP contribution in [0.4, 0.5) is 11.6 Å². The van der Waals surface area contributed by atoms with Crippen molar-refractivity contribution in [3.8, 4) is 0 Å². The topological polar surface area (TPSA) is 44.3 Å². The Kier molecular flexibility index (Phi) is 3.25. The van der Waals surface area contributed by atoms with Crippen molar-refractivity contribution in [1.29, 1.82) is 0 Å². The molecule has 0 radical (unpaired) electrons. The minimum absolute atomic E-state index is 0.533. The fourth-order valence-electron chi connectivity index (χ4n) is 3.76. The highest BCUT2D eigenvalue weighted by atomic mass is 15.3. The Morgan fingerprint density at radius 3 is 2.81 bits per heavy atom. The fourth-order valence-corrected chi connectivity index (χ4v) is 3.76. The first-order chi connectivity index (χ1) is 10.2. The molecule has 3 heterocycles. The molecule has 1 saturated carbocycles. The Morgan fingerprint density at radius 1 is 1.19 bits per heavy atom. The maximum atomic E-state index is 4.89. The van der Waals surface area contributed by atoms with Crippen LogP contribution in [0.25, 0.3) is 0 Å². The monoisotopic (exact) mass is 287 g/mol. The smallest absolute Gasteiger partial charge is 0.136 e. The van der Waals surface area contributed by atoms with Gasteiger partial charge in [-0.3, -0.25) is 4.90 Å². The molecular formula is C16H25N5. The SMILES string of the molecule is CNc1cc(N2CC3CCCN3CC2C)nc(C2CC2)n1. The lowest BCUT2D eigenvalue weighted by molar-refractivity contribution is 0.202. The van der Waals surface area contributed by atoms with Crippen molar-refractivity contribution in [3.05, 3.63) is 11.9 Å². The summed E-state index contributed by atoms with van der Waals surface area (Å²) in [6.45, 7) is 5.89. The van der Waals surface area contributed by atoms with E-state index in [-0.39, 0.29) is 0 Å². The van der Waals surface area contributed by atoms with Crippen LogP contribution in [-0.4, -0.2) is 53.6 Å². The van der Waals surface area contributed by atoms with Crippen LogP contribution in [0, 0.1) is 0 Å². The van der Waals surface area contributed by atoms with Gasteiger partial charge in [0.1, 0.15) is 17.5 Å². The van der Waals surface area contributed by atoms with E-state index < -0.39 is 0 Å². The number of aromatic nitrogens is 2. The minimum Gasteiger partial charge on any atom is -0.373 e. The van der Waals surface area contributed by atoms with Gasteiger partial charge in [0.15, 0.2) is 0 Å². The summed E-state index contributed by atoms with van der Waals surface area (Å²) >= 11 is 0. The molecule has 1 N–H and O–H groups in total. The molecule has 1 aliphatic carbocycles. The van der Waals surface area contributed by atoms with E-state index in [9.17, 15) is 0 Å². The van der Waals surface area contributed by atoms with E-state index in [0.29, 0.717) is 12.0 Å². The molecule has 2 aliphatic heterocycles. The molecule has 4 rings (SSSR count). The van der Waals surface area contributed by atoms with Crippen LogP contribution in [0.2, 0.25) is 0 Å². The van der Waals surface area contributed by atoms with Crippen LogP contribution < -0.4 is 10.2 Å². The van der Waals surface area contributed by atoms with E-state index in [1.165, 1.54) is 38.8 Å². The maximum absolute atomic E-state index is 4.89. The number of fused-ring (bicyclic) bond motifs is 1. The Balaban J connectivity index is 1.63. The van der Waals surface area contributed by atoms with Crippen molar-refractivity contribution < 1.29 is 0 Å². The zero-order valence-corrected chi connectivity index (χ0v) is 13.0. The van der Waals surface area contributed by atoms with Gasteiger partial charge >= 0.3 is 0 Å².